The van der Waals surface area contributed by atoms with Gasteiger partial charge in [0.1, 0.15) is 0 Å². The number of aliphatic carboxylic acids is 1. The van der Waals surface area contributed by atoms with Gasteiger partial charge >= 0.3 is 5.97 Å². The molecular weight excluding hydrogens is 310 g/mol. The molecule has 0 bridgehead atoms. The van der Waals surface area contributed by atoms with E-state index in [4.69, 9.17) is 4.74 Å². The molecule has 0 unspecified atom stereocenters. The molecule has 2 N–H and O–H groups in total. The number of methoxy groups -OCH3 is 1. The van der Waals surface area contributed by atoms with Crippen LogP contribution in [-0.4, -0.2) is 46.0 Å². The number of carboxylic acids is 1. The van der Waals surface area contributed by atoms with E-state index in [1.54, 1.807) is 10.7 Å². The molecule has 1 aromatic carbocycles. The average Bonchev–Trinajstić information content (AvgIpc) is 2.90. The molecule has 0 aliphatic carbocycles. The van der Waals surface area contributed by atoms with Crippen molar-refractivity contribution in [2.75, 3.05) is 13.7 Å². The highest BCUT2D eigenvalue weighted by atomic mass is 16.5. The van der Waals surface area contributed by atoms with Gasteiger partial charge in [-0.05, 0) is 39.0 Å². The zero-order chi connectivity index (χ0) is 17.9. The number of carboxylic acid groups (broad SMARTS) is 1. The first kappa shape index (κ1) is 17.7. The smallest absolute Gasteiger partial charge is 0.331 e. The maximum absolute atomic E-state index is 12.4. The molecule has 0 aliphatic rings. The maximum Gasteiger partial charge on any atom is 0.331 e. The Labute approximate surface area is 140 Å². The van der Waals surface area contributed by atoms with Gasteiger partial charge in [0.15, 0.2) is 11.2 Å². The fourth-order valence-electron chi connectivity index (χ4n) is 2.29. The van der Waals surface area contributed by atoms with Gasteiger partial charge in [-0.15, -0.1) is 0 Å². The fourth-order valence-corrected chi connectivity index (χ4v) is 2.29. The van der Waals surface area contributed by atoms with E-state index < -0.39 is 17.4 Å². The third-order valence-corrected chi connectivity index (χ3v) is 3.69. The Morgan fingerprint density at radius 3 is 2.46 bits per heavy atom. The van der Waals surface area contributed by atoms with Gasteiger partial charge in [-0.2, -0.15) is 5.10 Å². The summed E-state index contributed by atoms with van der Waals surface area (Å²) < 4.78 is 6.53. The van der Waals surface area contributed by atoms with Crippen molar-refractivity contribution in [2.45, 2.75) is 26.3 Å². The van der Waals surface area contributed by atoms with Gasteiger partial charge < -0.3 is 15.2 Å². The van der Waals surface area contributed by atoms with Crippen LogP contribution < -0.4 is 5.32 Å². The van der Waals surface area contributed by atoms with Crippen molar-refractivity contribution in [2.24, 2.45) is 0 Å². The lowest BCUT2D eigenvalue weighted by atomic mass is 10.0. The van der Waals surface area contributed by atoms with Crippen molar-refractivity contribution in [3.8, 4) is 5.69 Å². The van der Waals surface area contributed by atoms with E-state index in [1.165, 1.54) is 14.0 Å². The Kier molecular flexibility index (Phi) is 5.04. The number of aromatic nitrogens is 2. The predicted octanol–water partition coefficient (Wildman–Crippen LogP) is 1.71. The largest absolute Gasteiger partial charge is 0.479 e. The number of hydrogen-bond donors (Lipinski definition) is 2. The molecule has 24 heavy (non-hydrogen) atoms. The van der Waals surface area contributed by atoms with Gasteiger partial charge in [-0.1, -0.05) is 17.7 Å². The molecule has 7 nitrogen and oxygen atoms in total. The molecule has 7 heteroatoms. The summed E-state index contributed by atoms with van der Waals surface area (Å²) in [6.07, 6.45) is 0. The maximum atomic E-state index is 12.4. The van der Waals surface area contributed by atoms with E-state index in [9.17, 15) is 14.7 Å². The molecular formula is C17H21N3O4. The van der Waals surface area contributed by atoms with Crippen LogP contribution in [-0.2, 0) is 9.53 Å². The highest BCUT2D eigenvalue weighted by Crippen LogP contribution is 2.14. The van der Waals surface area contributed by atoms with Gasteiger partial charge in [0.25, 0.3) is 5.91 Å². The normalized spacial score (nSPS) is 13.3. The molecule has 0 saturated carbocycles. The summed E-state index contributed by atoms with van der Waals surface area (Å²) in [6.45, 7) is 5.06. The van der Waals surface area contributed by atoms with Gasteiger partial charge in [-0.3, -0.25) is 4.79 Å². The Balaban J connectivity index is 2.27. The summed E-state index contributed by atoms with van der Waals surface area (Å²) in [5.74, 6) is -1.74. The highest BCUT2D eigenvalue weighted by molar-refractivity contribution is 5.96. The van der Waals surface area contributed by atoms with Crippen LogP contribution in [0.25, 0.3) is 5.69 Å². The van der Waals surface area contributed by atoms with Crippen molar-refractivity contribution >= 4 is 11.9 Å². The number of benzene rings is 1. The van der Waals surface area contributed by atoms with E-state index in [1.807, 2.05) is 38.1 Å². The molecule has 1 heterocycles. The number of hydrogen-bond acceptors (Lipinski definition) is 4. The first-order valence-electron chi connectivity index (χ1n) is 7.45. The second-order valence-electron chi connectivity index (χ2n) is 5.94. The molecule has 0 radical (unpaired) electrons. The van der Waals surface area contributed by atoms with E-state index in [-0.39, 0.29) is 12.3 Å². The van der Waals surface area contributed by atoms with Gasteiger partial charge in [0, 0.05) is 12.8 Å². The van der Waals surface area contributed by atoms with Gasteiger partial charge in [0.2, 0.25) is 0 Å². The number of ether oxygens (including phenoxy) is 1. The lowest BCUT2D eigenvalue weighted by molar-refractivity contribution is -0.145. The third kappa shape index (κ3) is 3.62. The first-order chi connectivity index (χ1) is 11.3. The SMILES string of the molecule is COC[C@](C)(NC(=O)c1cc(C)n(-c2ccc(C)cc2)n1)C(=O)O. The molecule has 0 saturated heterocycles. The van der Waals surface area contributed by atoms with E-state index in [0.717, 1.165) is 16.9 Å². The molecule has 0 aliphatic heterocycles. The summed E-state index contributed by atoms with van der Waals surface area (Å²) in [7, 11) is 1.38. The van der Waals surface area contributed by atoms with Crippen molar-refractivity contribution in [3.63, 3.8) is 0 Å². The standard InChI is InChI=1S/C17H21N3O4/c1-11-5-7-13(8-6-11)20-12(2)9-14(19-20)15(21)18-17(3,10-24-4)16(22)23/h5-9H,10H2,1-4H3,(H,18,21)(H,22,23)/t17-/m0/s1. The number of nitrogens with zero attached hydrogens (tertiary/aromatic N) is 2. The molecule has 2 aromatic rings. The Morgan fingerprint density at radius 1 is 1.29 bits per heavy atom. The first-order valence-corrected chi connectivity index (χ1v) is 7.45. The summed E-state index contributed by atoms with van der Waals surface area (Å²) in [6, 6.07) is 9.34. The minimum Gasteiger partial charge on any atom is -0.479 e. The summed E-state index contributed by atoms with van der Waals surface area (Å²) >= 11 is 0. The zero-order valence-corrected chi connectivity index (χ0v) is 14.2. The van der Waals surface area contributed by atoms with E-state index in [2.05, 4.69) is 10.4 Å². The number of nitrogens with one attached hydrogen (secondary N) is 1. The fraction of sp³-hybridized carbons (Fsp3) is 0.353. The molecule has 2 rings (SSSR count). The van der Waals surface area contributed by atoms with E-state index in [0.29, 0.717) is 0 Å². The van der Waals surface area contributed by atoms with Crippen molar-refractivity contribution < 1.29 is 19.4 Å². The molecule has 0 fully saturated rings. The Hall–Kier alpha value is -2.67. The van der Waals surface area contributed by atoms with Crippen LogP contribution in [0.1, 0.15) is 28.7 Å². The molecule has 0 spiro atoms. The lowest BCUT2D eigenvalue weighted by Gasteiger charge is -2.24. The molecule has 1 aromatic heterocycles. The number of amides is 1. The summed E-state index contributed by atoms with van der Waals surface area (Å²) in [5.41, 5.74) is 1.35. The van der Waals surface area contributed by atoms with Crippen molar-refractivity contribution in [3.05, 3.63) is 47.3 Å². The summed E-state index contributed by atoms with van der Waals surface area (Å²) in [5, 5.41) is 16.1. The van der Waals surface area contributed by atoms with E-state index >= 15 is 0 Å². The number of carbonyl (C=O) groups excluding carboxylic acids is 1. The van der Waals surface area contributed by atoms with Crippen LogP contribution >= 0.6 is 0 Å². The van der Waals surface area contributed by atoms with Crippen LogP contribution in [0.4, 0.5) is 0 Å². The topological polar surface area (TPSA) is 93.5 Å². The Morgan fingerprint density at radius 2 is 1.92 bits per heavy atom. The minimum atomic E-state index is -1.52. The van der Waals surface area contributed by atoms with Crippen LogP contribution in [0.3, 0.4) is 0 Å². The van der Waals surface area contributed by atoms with Crippen molar-refractivity contribution in [1.82, 2.24) is 15.1 Å². The Bertz CT molecular complexity index is 752. The molecule has 128 valence electrons. The monoisotopic (exact) mass is 331 g/mol. The van der Waals surface area contributed by atoms with Gasteiger partial charge in [0.05, 0.1) is 12.3 Å². The number of rotatable bonds is 6. The summed E-state index contributed by atoms with van der Waals surface area (Å²) in [4.78, 5) is 23.8. The molecule has 1 amide bonds. The highest BCUT2D eigenvalue weighted by Gasteiger charge is 2.35. The van der Waals surface area contributed by atoms with Gasteiger partial charge in [-0.25, -0.2) is 9.48 Å². The van der Waals surface area contributed by atoms with Crippen LogP contribution in [0.15, 0.2) is 30.3 Å². The van der Waals surface area contributed by atoms with Crippen molar-refractivity contribution in [1.29, 1.82) is 0 Å². The van der Waals surface area contributed by atoms with Crippen LogP contribution in [0, 0.1) is 13.8 Å². The third-order valence-electron chi connectivity index (χ3n) is 3.69. The number of carbonyl (C=O) groups is 2. The number of aryl methyl sites for hydroxylation is 2. The lowest BCUT2D eigenvalue weighted by Crippen LogP contribution is -2.55. The quantitative estimate of drug-likeness (QED) is 0.840. The second-order valence-corrected chi connectivity index (χ2v) is 5.94. The minimum absolute atomic E-state index is 0.147. The van der Waals surface area contributed by atoms with Crippen LogP contribution in [0.5, 0.6) is 0 Å². The zero-order valence-electron chi connectivity index (χ0n) is 14.2. The average molecular weight is 331 g/mol. The molecule has 1 atom stereocenters. The predicted molar refractivity (Wildman–Crippen MR) is 88.4 cm³/mol. The van der Waals surface area contributed by atoms with Crippen LogP contribution in [0.2, 0.25) is 0 Å². The second kappa shape index (κ2) is 6.84.